The number of ether oxygens (including phenoxy) is 1. The lowest BCUT2D eigenvalue weighted by atomic mass is 10.0. The van der Waals surface area contributed by atoms with Gasteiger partial charge in [-0.3, -0.25) is 4.79 Å². The molecule has 0 amide bonds. The quantitative estimate of drug-likeness (QED) is 0.778. The third kappa shape index (κ3) is 4.67. The fourth-order valence-corrected chi connectivity index (χ4v) is 1.51. The van der Waals surface area contributed by atoms with E-state index in [1.165, 1.54) is 13.0 Å². The first-order valence-electron chi connectivity index (χ1n) is 5.86. The molecule has 0 spiro atoms. The molecule has 0 aliphatic carbocycles. The van der Waals surface area contributed by atoms with Gasteiger partial charge in [0.15, 0.2) is 5.78 Å². The van der Waals surface area contributed by atoms with Gasteiger partial charge in [0.25, 0.3) is 0 Å². The summed E-state index contributed by atoms with van der Waals surface area (Å²) in [4.78, 5) is 11.9. The molecule has 5 heteroatoms. The maximum Gasteiger partial charge on any atom is 0.416 e. The first-order valence-corrected chi connectivity index (χ1v) is 5.86. The van der Waals surface area contributed by atoms with Crippen LogP contribution in [-0.4, -0.2) is 18.0 Å². The molecule has 0 unspecified atom stereocenters. The van der Waals surface area contributed by atoms with E-state index >= 15 is 0 Å². The van der Waals surface area contributed by atoms with Gasteiger partial charge in [0.1, 0.15) is 6.61 Å². The number of halogens is 3. The van der Waals surface area contributed by atoms with Gasteiger partial charge in [0, 0.05) is 5.56 Å². The van der Waals surface area contributed by atoms with E-state index in [4.69, 9.17) is 4.74 Å². The summed E-state index contributed by atoms with van der Waals surface area (Å²) in [6, 6.07) is 3.09. The molecule has 0 atom stereocenters. The van der Waals surface area contributed by atoms with Crippen molar-refractivity contribution in [3.63, 3.8) is 0 Å². The van der Waals surface area contributed by atoms with Gasteiger partial charge in [-0.2, -0.15) is 13.2 Å². The minimum Gasteiger partial charge on any atom is -0.368 e. The summed E-state index contributed by atoms with van der Waals surface area (Å²) >= 11 is 0. The number of hydrogen-bond donors (Lipinski definition) is 0. The maximum absolute atomic E-state index is 12.5. The molecule has 1 rings (SSSR count). The lowest BCUT2D eigenvalue weighted by molar-refractivity contribution is -0.137. The van der Waals surface area contributed by atoms with Gasteiger partial charge < -0.3 is 4.74 Å². The zero-order valence-corrected chi connectivity index (χ0v) is 11.4. The van der Waals surface area contributed by atoms with Gasteiger partial charge in [0.05, 0.1) is 11.2 Å². The Morgan fingerprint density at radius 3 is 2.21 bits per heavy atom. The topological polar surface area (TPSA) is 26.3 Å². The number of hydrogen-bond acceptors (Lipinski definition) is 2. The van der Waals surface area contributed by atoms with Crippen LogP contribution in [-0.2, 0) is 10.9 Å². The SMILES string of the molecule is Cc1cc(C(F)(F)F)ccc1C(=O)COC(C)(C)C. The normalized spacial score (nSPS) is 12.6. The first kappa shape index (κ1) is 15.7. The Balaban J connectivity index is 2.88. The molecule has 0 saturated carbocycles. The minimum absolute atomic E-state index is 0.143. The molecular formula is C14H17F3O2. The van der Waals surface area contributed by atoms with Crippen molar-refractivity contribution in [3.05, 3.63) is 34.9 Å². The smallest absolute Gasteiger partial charge is 0.368 e. The highest BCUT2D eigenvalue weighted by atomic mass is 19.4. The summed E-state index contributed by atoms with van der Waals surface area (Å²) in [5.74, 6) is -0.318. The summed E-state index contributed by atoms with van der Waals surface area (Å²) in [5.41, 5.74) is -0.650. The van der Waals surface area contributed by atoms with Gasteiger partial charge in [0.2, 0.25) is 0 Å². The average Bonchev–Trinajstić information content (AvgIpc) is 2.23. The number of carbonyl (C=O) groups is 1. The van der Waals surface area contributed by atoms with Crippen molar-refractivity contribution in [2.24, 2.45) is 0 Å². The fourth-order valence-electron chi connectivity index (χ4n) is 1.51. The van der Waals surface area contributed by atoms with E-state index in [1.54, 1.807) is 20.8 Å². The number of benzene rings is 1. The van der Waals surface area contributed by atoms with Crippen LogP contribution in [0.25, 0.3) is 0 Å². The summed E-state index contributed by atoms with van der Waals surface area (Å²) < 4.78 is 42.8. The Morgan fingerprint density at radius 1 is 1.21 bits per heavy atom. The van der Waals surface area contributed by atoms with E-state index < -0.39 is 17.3 Å². The zero-order valence-electron chi connectivity index (χ0n) is 11.4. The molecule has 0 aliphatic heterocycles. The standard InChI is InChI=1S/C14H17F3O2/c1-9-7-10(14(15,16)17)5-6-11(9)12(18)8-19-13(2,3)4/h5-7H,8H2,1-4H3. The zero-order chi connectivity index (χ0) is 14.8. The van der Waals surface area contributed by atoms with Crippen molar-refractivity contribution >= 4 is 5.78 Å². The fraction of sp³-hybridized carbons (Fsp3) is 0.500. The van der Waals surface area contributed by atoms with Gasteiger partial charge in [-0.15, -0.1) is 0 Å². The highest BCUT2D eigenvalue weighted by Crippen LogP contribution is 2.30. The van der Waals surface area contributed by atoms with Gasteiger partial charge in [-0.25, -0.2) is 0 Å². The van der Waals surface area contributed by atoms with Crippen molar-refractivity contribution in [1.29, 1.82) is 0 Å². The number of alkyl halides is 3. The van der Waals surface area contributed by atoms with Crippen LogP contribution in [0, 0.1) is 6.92 Å². The highest BCUT2D eigenvalue weighted by Gasteiger charge is 2.31. The summed E-state index contributed by atoms with van der Waals surface area (Å²) in [6.45, 7) is 6.76. The Bertz CT molecular complexity index is 471. The van der Waals surface area contributed by atoms with Gasteiger partial charge >= 0.3 is 6.18 Å². The molecule has 0 bridgehead atoms. The van der Waals surface area contributed by atoms with E-state index in [-0.39, 0.29) is 18.0 Å². The van der Waals surface area contributed by atoms with Crippen LogP contribution in [0.3, 0.4) is 0 Å². The average molecular weight is 274 g/mol. The lowest BCUT2D eigenvalue weighted by Crippen LogP contribution is -2.24. The van der Waals surface area contributed by atoms with Crippen LogP contribution in [0.2, 0.25) is 0 Å². The van der Waals surface area contributed by atoms with Crippen molar-refractivity contribution in [1.82, 2.24) is 0 Å². The summed E-state index contributed by atoms with van der Waals surface area (Å²) in [6.07, 6.45) is -4.39. The number of aryl methyl sites for hydroxylation is 1. The highest BCUT2D eigenvalue weighted by molar-refractivity contribution is 5.98. The third-order valence-electron chi connectivity index (χ3n) is 2.49. The molecular weight excluding hydrogens is 257 g/mol. The maximum atomic E-state index is 12.5. The molecule has 0 N–H and O–H groups in total. The van der Waals surface area contributed by atoms with Crippen LogP contribution < -0.4 is 0 Å². The summed E-state index contributed by atoms with van der Waals surface area (Å²) in [7, 11) is 0. The largest absolute Gasteiger partial charge is 0.416 e. The molecule has 2 nitrogen and oxygen atoms in total. The van der Waals surface area contributed by atoms with Crippen molar-refractivity contribution in [2.45, 2.75) is 39.5 Å². The molecule has 0 aromatic heterocycles. The van der Waals surface area contributed by atoms with Crippen molar-refractivity contribution in [3.8, 4) is 0 Å². The minimum atomic E-state index is -4.39. The van der Waals surface area contributed by atoms with Gasteiger partial charge in [-0.1, -0.05) is 6.07 Å². The molecule has 106 valence electrons. The molecule has 0 radical (unpaired) electrons. The monoisotopic (exact) mass is 274 g/mol. The predicted molar refractivity (Wildman–Crippen MR) is 66.2 cm³/mol. The van der Waals surface area contributed by atoms with E-state index in [9.17, 15) is 18.0 Å². The van der Waals surface area contributed by atoms with Crippen LogP contribution in [0.4, 0.5) is 13.2 Å². The number of Topliss-reactive ketones (excluding diaryl/α,β-unsaturated/α-hetero) is 1. The van der Waals surface area contributed by atoms with E-state index in [2.05, 4.69) is 0 Å². The second-order valence-corrected chi connectivity index (χ2v) is 5.35. The molecule has 1 aromatic rings. The third-order valence-corrected chi connectivity index (χ3v) is 2.49. The Morgan fingerprint density at radius 2 is 1.79 bits per heavy atom. The van der Waals surface area contributed by atoms with Crippen molar-refractivity contribution in [2.75, 3.05) is 6.61 Å². The molecule has 0 aliphatic rings. The van der Waals surface area contributed by atoms with Crippen LogP contribution in [0.1, 0.15) is 42.3 Å². The predicted octanol–water partition coefficient (Wildman–Crippen LogP) is 4.01. The second-order valence-electron chi connectivity index (χ2n) is 5.35. The Hall–Kier alpha value is -1.36. The molecule has 1 aromatic carbocycles. The van der Waals surface area contributed by atoms with E-state index in [0.29, 0.717) is 5.56 Å². The van der Waals surface area contributed by atoms with E-state index in [0.717, 1.165) is 12.1 Å². The second kappa shape index (κ2) is 5.33. The molecule has 0 heterocycles. The first-order chi connectivity index (χ1) is 8.50. The van der Waals surface area contributed by atoms with Crippen LogP contribution >= 0.6 is 0 Å². The number of rotatable bonds is 3. The van der Waals surface area contributed by atoms with Crippen LogP contribution in [0.15, 0.2) is 18.2 Å². The van der Waals surface area contributed by atoms with Crippen molar-refractivity contribution < 1.29 is 22.7 Å². The number of ketones is 1. The van der Waals surface area contributed by atoms with Crippen LogP contribution in [0.5, 0.6) is 0 Å². The van der Waals surface area contributed by atoms with E-state index in [1.807, 2.05) is 0 Å². The van der Waals surface area contributed by atoms with Gasteiger partial charge in [-0.05, 0) is 45.4 Å². The molecule has 19 heavy (non-hydrogen) atoms. The molecule has 0 saturated heterocycles. The Labute approximate surface area is 110 Å². The molecule has 0 fully saturated rings. The number of carbonyl (C=O) groups excluding carboxylic acids is 1. The Kier molecular flexibility index (Phi) is 4.40. The summed E-state index contributed by atoms with van der Waals surface area (Å²) in [5, 5.41) is 0. The lowest BCUT2D eigenvalue weighted by Gasteiger charge is -2.19.